The highest BCUT2D eigenvalue weighted by Gasteiger charge is 2.30. The zero-order valence-corrected chi connectivity index (χ0v) is 11.8. The monoisotopic (exact) mass is 290 g/mol. The fourth-order valence-corrected chi connectivity index (χ4v) is 2.76. The summed E-state index contributed by atoms with van der Waals surface area (Å²) in [5, 5.41) is 12.3. The molecule has 21 heavy (non-hydrogen) atoms. The van der Waals surface area contributed by atoms with Crippen LogP contribution in [0.15, 0.2) is 18.2 Å². The van der Waals surface area contributed by atoms with Crippen LogP contribution in [-0.4, -0.2) is 47.6 Å². The number of nitrogens with one attached hydrogen (secondary N) is 1. The number of anilines is 1. The molecule has 1 fully saturated rings. The highest BCUT2D eigenvalue weighted by atomic mass is 16.5. The van der Waals surface area contributed by atoms with E-state index < -0.39 is 6.10 Å². The summed E-state index contributed by atoms with van der Waals surface area (Å²) in [6.07, 6.45) is 0.422. The molecule has 112 valence electrons. The fourth-order valence-electron chi connectivity index (χ4n) is 2.76. The first-order valence-electron chi connectivity index (χ1n) is 7.08. The molecule has 1 aromatic rings. The minimum atomic E-state index is -0.398. The molecular weight excluding hydrogens is 272 g/mol. The smallest absolute Gasteiger partial charge is 0.262 e. The second-order valence-electron chi connectivity index (χ2n) is 5.59. The standard InChI is InChI=1S/C15H18N2O4/c1-9(18)11-4-5-17(7-11)15(20)10-2-3-12-13(6-10)21-8-14(19)16-12/h2-3,6,9,11,18H,4-5,7-8H2,1H3,(H,16,19). The number of hydrogen-bond donors (Lipinski definition) is 2. The van der Waals surface area contributed by atoms with Crippen molar-refractivity contribution in [2.75, 3.05) is 25.0 Å². The van der Waals surface area contributed by atoms with Gasteiger partial charge in [-0.2, -0.15) is 0 Å². The van der Waals surface area contributed by atoms with E-state index in [1.54, 1.807) is 30.0 Å². The Morgan fingerprint density at radius 1 is 1.52 bits per heavy atom. The molecule has 2 aliphatic rings. The lowest BCUT2D eigenvalue weighted by Gasteiger charge is -2.21. The van der Waals surface area contributed by atoms with E-state index >= 15 is 0 Å². The van der Waals surface area contributed by atoms with Gasteiger partial charge >= 0.3 is 0 Å². The zero-order valence-electron chi connectivity index (χ0n) is 11.8. The van der Waals surface area contributed by atoms with Crippen molar-refractivity contribution in [2.24, 2.45) is 5.92 Å². The predicted octanol–water partition coefficient (Wildman–Crippen LogP) is 0.860. The van der Waals surface area contributed by atoms with Crippen molar-refractivity contribution in [1.29, 1.82) is 0 Å². The molecule has 2 N–H and O–H groups in total. The predicted molar refractivity (Wildman–Crippen MR) is 76.3 cm³/mol. The Hall–Kier alpha value is -2.08. The largest absolute Gasteiger partial charge is 0.482 e. The summed E-state index contributed by atoms with van der Waals surface area (Å²) in [5.74, 6) is 0.399. The Morgan fingerprint density at radius 2 is 2.33 bits per heavy atom. The Morgan fingerprint density at radius 3 is 3.05 bits per heavy atom. The highest BCUT2D eigenvalue weighted by molar-refractivity contribution is 5.99. The zero-order chi connectivity index (χ0) is 15.0. The van der Waals surface area contributed by atoms with Gasteiger partial charge in [-0.25, -0.2) is 0 Å². The average molecular weight is 290 g/mol. The summed E-state index contributed by atoms with van der Waals surface area (Å²) in [6, 6.07) is 5.03. The lowest BCUT2D eigenvalue weighted by atomic mass is 10.0. The van der Waals surface area contributed by atoms with Crippen LogP contribution in [0, 0.1) is 5.92 Å². The molecule has 0 spiro atoms. The lowest BCUT2D eigenvalue weighted by molar-refractivity contribution is -0.118. The van der Waals surface area contributed by atoms with Crippen LogP contribution in [0.3, 0.4) is 0 Å². The lowest BCUT2D eigenvalue weighted by Crippen LogP contribution is -2.31. The molecule has 1 aromatic carbocycles. The van der Waals surface area contributed by atoms with Crippen LogP contribution in [-0.2, 0) is 4.79 Å². The summed E-state index contributed by atoms with van der Waals surface area (Å²) >= 11 is 0. The van der Waals surface area contributed by atoms with Crippen LogP contribution in [0.5, 0.6) is 5.75 Å². The topological polar surface area (TPSA) is 78.9 Å². The number of ether oxygens (including phenoxy) is 1. The van der Waals surface area contributed by atoms with E-state index in [1.807, 2.05) is 0 Å². The second-order valence-corrected chi connectivity index (χ2v) is 5.59. The van der Waals surface area contributed by atoms with Crippen LogP contribution < -0.4 is 10.1 Å². The minimum Gasteiger partial charge on any atom is -0.482 e. The number of aliphatic hydroxyl groups excluding tert-OH is 1. The fraction of sp³-hybridized carbons (Fsp3) is 0.467. The summed E-state index contributed by atoms with van der Waals surface area (Å²) < 4.78 is 5.33. The number of rotatable bonds is 2. The van der Waals surface area contributed by atoms with E-state index in [-0.39, 0.29) is 24.3 Å². The van der Waals surface area contributed by atoms with Gasteiger partial charge in [-0.05, 0) is 31.5 Å². The van der Waals surface area contributed by atoms with Crippen molar-refractivity contribution in [3.05, 3.63) is 23.8 Å². The first kappa shape index (κ1) is 13.9. The van der Waals surface area contributed by atoms with Gasteiger partial charge in [0.25, 0.3) is 11.8 Å². The molecule has 0 saturated carbocycles. The van der Waals surface area contributed by atoms with Crippen LogP contribution in [0.2, 0.25) is 0 Å². The number of fused-ring (bicyclic) bond motifs is 1. The van der Waals surface area contributed by atoms with E-state index in [0.29, 0.717) is 30.1 Å². The van der Waals surface area contributed by atoms with Crippen molar-refractivity contribution < 1.29 is 19.4 Å². The van der Waals surface area contributed by atoms with Gasteiger partial charge in [-0.15, -0.1) is 0 Å². The number of amides is 2. The number of carbonyl (C=O) groups is 2. The van der Waals surface area contributed by atoms with Crippen LogP contribution in [0.4, 0.5) is 5.69 Å². The van der Waals surface area contributed by atoms with Gasteiger partial charge in [0, 0.05) is 24.6 Å². The quantitative estimate of drug-likeness (QED) is 0.847. The minimum absolute atomic E-state index is 0.0293. The van der Waals surface area contributed by atoms with Crippen molar-refractivity contribution in [1.82, 2.24) is 4.90 Å². The first-order chi connectivity index (χ1) is 10.0. The maximum Gasteiger partial charge on any atom is 0.262 e. The molecular formula is C15H18N2O4. The third kappa shape index (κ3) is 2.71. The van der Waals surface area contributed by atoms with Crippen molar-refractivity contribution in [2.45, 2.75) is 19.4 Å². The van der Waals surface area contributed by atoms with Gasteiger partial charge in [-0.3, -0.25) is 9.59 Å². The van der Waals surface area contributed by atoms with E-state index in [2.05, 4.69) is 5.32 Å². The molecule has 0 aromatic heterocycles. The van der Waals surface area contributed by atoms with E-state index in [4.69, 9.17) is 4.74 Å². The highest BCUT2D eigenvalue weighted by Crippen LogP contribution is 2.30. The molecule has 2 unspecified atom stereocenters. The number of nitrogens with zero attached hydrogens (tertiary/aromatic N) is 1. The van der Waals surface area contributed by atoms with Gasteiger partial charge in [0.05, 0.1) is 11.8 Å². The Balaban J connectivity index is 1.75. The van der Waals surface area contributed by atoms with E-state index in [9.17, 15) is 14.7 Å². The van der Waals surface area contributed by atoms with Gasteiger partial charge < -0.3 is 20.1 Å². The van der Waals surface area contributed by atoms with Crippen molar-refractivity contribution in [3.8, 4) is 5.75 Å². The third-order valence-electron chi connectivity index (χ3n) is 4.06. The van der Waals surface area contributed by atoms with Gasteiger partial charge in [0.15, 0.2) is 6.61 Å². The van der Waals surface area contributed by atoms with Crippen molar-refractivity contribution in [3.63, 3.8) is 0 Å². The number of hydrogen-bond acceptors (Lipinski definition) is 4. The maximum atomic E-state index is 12.5. The molecule has 0 aliphatic carbocycles. The number of aliphatic hydroxyl groups is 1. The Kier molecular flexibility index (Phi) is 3.55. The summed E-state index contributed by atoms with van der Waals surface area (Å²) in [4.78, 5) is 25.4. The third-order valence-corrected chi connectivity index (χ3v) is 4.06. The Labute approximate surface area is 122 Å². The van der Waals surface area contributed by atoms with Crippen LogP contribution in [0.1, 0.15) is 23.7 Å². The SMILES string of the molecule is CC(O)C1CCN(C(=O)c2ccc3c(c2)OCC(=O)N3)C1. The molecule has 2 heterocycles. The number of likely N-dealkylation sites (tertiary alicyclic amines) is 1. The molecule has 2 aliphatic heterocycles. The summed E-state index contributed by atoms with van der Waals surface area (Å²) in [5.41, 5.74) is 1.13. The van der Waals surface area contributed by atoms with E-state index in [0.717, 1.165) is 6.42 Å². The summed E-state index contributed by atoms with van der Waals surface area (Å²) in [6.45, 7) is 2.96. The Bertz CT molecular complexity index is 585. The van der Waals surface area contributed by atoms with Crippen molar-refractivity contribution >= 4 is 17.5 Å². The van der Waals surface area contributed by atoms with E-state index in [1.165, 1.54) is 0 Å². The molecule has 3 rings (SSSR count). The molecule has 1 saturated heterocycles. The van der Waals surface area contributed by atoms with Crippen LogP contribution in [0.25, 0.3) is 0 Å². The molecule has 2 amide bonds. The number of carbonyl (C=O) groups excluding carboxylic acids is 2. The molecule has 2 atom stereocenters. The normalized spacial score (nSPS) is 22.3. The van der Waals surface area contributed by atoms with Gasteiger partial charge in [0.1, 0.15) is 5.75 Å². The van der Waals surface area contributed by atoms with Crippen LogP contribution >= 0.6 is 0 Å². The number of benzene rings is 1. The van der Waals surface area contributed by atoms with Gasteiger partial charge in [0.2, 0.25) is 0 Å². The molecule has 6 nitrogen and oxygen atoms in total. The summed E-state index contributed by atoms with van der Waals surface area (Å²) in [7, 11) is 0. The maximum absolute atomic E-state index is 12.5. The first-order valence-corrected chi connectivity index (χ1v) is 7.08. The molecule has 0 radical (unpaired) electrons. The molecule has 6 heteroatoms. The average Bonchev–Trinajstić information content (AvgIpc) is 2.96. The second kappa shape index (κ2) is 5.37. The van der Waals surface area contributed by atoms with Gasteiger partial charge in [-0.1, -0.05) is 0 Å². The molecule has 0 bridgehead atoms.